The number of halogens is 1. The minimum Gasteiger partial charge on any atom is -0.349 e. The fourth-order valence-electron chi connectivity index (χ4n) is 3.00. The summed E-state index contributed by atoms with van der Waals surface area (Å²) in [6.45, 7) is 0.286. The molecule has 154 valence electrons. The van der Waals surface area contributed by atoms with Gasteiger partial charge in [0.25, 0.3) is 0 Å². The number of benzene rings is 1. The molecule has 0 saturated heterocycles. The Morgan fingerprint density at radius 3 is 2.81 bits per heavy atom. The van der Waals surface area contributed by atoms with E-state index in [9.17, 15) is 4.39 Å². The van der Waals surface area contributed by atoms with E-state index in [2.05, 4.69) is 52.3 Å². The van der Waals surface area contributed by atoms with Crippen molar-refractivity contribution in [3.05, 3.63) is 90.0 Å². The smallest absolute Gasteiger partial charge is 0.223 e. The molecular weight excluding hydrogens is 407 g/mol. The van der Waals surface area contributed by atoms with Gasteiger partial charge in [-0.3, -0.25) is 5.10 Å². The number of aromatic nitrogens is 7. The van der Waals surface area contributed by atoms with Crippen LogP contribution >= 0.6 is 0 Å². The molecule has 2 N–H and O–H groups in total. The fraction of sp³-hybridized carbons (Fsp3) is 0.0435. The van der Waals surface area contributed by atoms with Crippen LogP contribution in [0.1, 0.15) is 17.0 Å². The first kappa shape index (κ1) is 19.3. The van der Waals surface area contributed by atoms with Crippen LogP contribution in [-0.2, 0) is 6.54 Å². The minimum atomic E-state index is -0.532. The zero-order valence-electron chi connectivity index (χ0n) is 16.6. The third kappa shape index (κ3) is 4.39. The van der Waals surface area contributed by atoms with E-state index in [1.165, 1.54) is 6.07 Å². The van der Waals surface area contributed by atoms with E-state index in [4.69, 9.17) is 0 Å². The number of nitrogens with zero attached hydrogens (tertiary/aromatic N) is 6. The summed E-state index contributed by atoms with van der Waals surface area (Å²) >= 11 is 0. The Kier molecular flexibility index (Phi) is 5.16. The van der Waals surface area contributed by atoms with Crippen molar-refractivity contribution in [2.45, 2.75) is 6.54 Å². The zero-order valence-corrected chi connectivity index (χ0v) is 16.6. The molecule has 32 heavy (non-hydrogen) atoms. The predicted molar refractivity (Wildman–Crippen MR) is 117 cm³/mol. The van der Waals surface area contributed by atoms with Crippen molar-refractivity contribution in [3.8, 4) is 23.4 Å². The van der Waals surface area contributed by atoms with E-state index < -0.39 is 5.95 Å². The number of hydrogen-bond donors (Lipinski definition) is 2. The second-order valence-electron chi connectivity index (χ2n) is 6.76. The van der Waals surface area contributed by atoms with Crippen LogP contribution in [0.15, 0.2) is 67.1 Å². The number of hydrogen-bond acceptors (Lipinski definition) is 7. The summed E-state index contributed by atoms with van der Waals surface area (Å²) < 4.78 is 13.2. The molecule has 8 nitrogen and oxygen atoms in total. The van der Waals surface area contributed by atoms with Crippen molar-refractivity contribution in [2.75, 3.05) is 5.32 Å². The molecule has 1 aromatic carbocycles. The number of anilines is 1. The van der Waals surface area contributed by atoms with Gasteiger partial charge in [0.2, 0.25) is 11.9 Å². The fourth-order valence-corrected chi connectivity index (χ4v) is 3.00. The number of nitrogens with one attached hydrogen (secondary N) is 2. The SMILES string of the molecule is Fc1cccc(CNc2nccc(-c3nccc(C#Cc4ccc5[nH]ncc5c4)n3)n2)n1. The topological polar surface area (TPSA) is 105 Å². The van der Waals surface area contributed by atoms with E-state index in [-0.39, 0.29) is 6.54 Å². The number of H-pyrrole nitrogens is 1. The van der Waals surface area contributed by atoms with E-state index in [1.54, 1.807) is 42.9 Å². The largest absolute Gasteiger partial charge is 0.349 e. The molecule has 4 aromatic heterocycles. The Bertz CT molecular complexity index is 1470. The molecule has 0 fully saturated rings. The zero-order chi connectivity index (χ0) is 21.8. The van der Waals surface area contributed by atoms with Crippen molar-refractivity contribution in [1.82, 2.24) is 35.1 Å². The summed E-state index contributed by atoms with van der Waals surface area (Å²) in [5, 5.41) is 11.0. The van der Waals surface area contributed by atoms with Gasteiger partial charge in [-0.15, -0.1) is 0 Å². The maximum absolute atomic E-state index is 13.2. The number of aromatic amines is 1. The van der Waals surface area contributed by atoms with Gasteiger partial charge in [0.15, 0.2) is 5.82 Å². The molecule has 0 aliphatic carbocycles. The standard InChI is InChI=1S/C23H15FN8/c24-21-3-1-2-18(29-21)14-27-23-26-11-9-20(31-23)22-25-10-8-17(30-22)6-4-15-5-7-19-16(12-15)13-28-32-19/h1-3,5,7-13H,14H2,(H,28,32)(H,26,27,31). The van der Waals surface area contributed by atoms with Gasteiger partial charge in [0.05, 0.1) is 24.0 Å². The lowest BCUT2D eigenvalue weighted by Gasteiger charge is -2.06. The molecule has 5 aromatic rings. The monoisotopic (exact) mass is 422 g/mol. The molecule has 0 aliphatic rings. The first-order valence-corrected chi connectivity index (χ1v) is 9.70. The molecule has 0 bridgehead atoms. The van der Waals surface area contributed by atoms with Crippen molar-refractivity contribution in [1.29, 1.82) is 0 Å². The number of rotatable bonds is 4. The van der Waals surface area contributed by atoms with Gasteiger partial charge in [-0.25, -0.2) is 24.9 Å². The summed E-state index contributed by atoms with van der Waals surface area (Å²) in [6.07, 6.45) is 5.00. The molecule has 9 heteroatoms. The Labute approximate surface area is 182 Å². The first-order chi connectivity index (χ1) is 15.7. The maximum atomic E-state index is 13.2. The van der Waals surface area contributed by atoms with E-state index in [0.29, 0.717) is 28.9 Å². The lowest BCUT2D eigenvalue weighted by Crippen LogP contribution is -2.06. The first-order valence-electron chi connectivity index (χ1n) is 9.70. The molecule has 0 unspecified atom stereocenters. The Hall–Kier alpha value is -4.71. The summed E-state index contributed by atoms with van der Waals surface area (Å²) in [5.41, 5.74) is 3.47. The van der Waals surface area contributed by atoms with Gasteiger partial charge in [-0.05, 0) is 48.4 Å². The summed E-state index contributed by atoms with van der Waals surface area (Å²) in [7, 11) is 0. The molecule has 0 atom stereocenters. The highest BCUT2D eigenvalue weighted by molar-refractivity contribution is 5.79. The number of pyridine rings is 1. The lowest BCUT2D eigenvalue weighted by atomic mass is 10.1. The van der Waals surface area contributed by atoms with Crippen molar-refractivity contribution < 1.29 is 4.39 Å². The Morgan fingerprint density at radius 1 is 0.938 bits per heavy atom. The Balaban J connectivity index is 1.34. The van der Waals surface area contributed by atoms with Crippen LogP contribution < -0.4 is 5.32 Å². The van der Waals surface area contributed by atoms with E-state index in [0.717, 1.165) is 16.5 Å². The highest BCUT2D eigenvalue weighted by Gasteiger charge is 2.06. The second-order valence-corrected chi connectivity index (χ2v) is 6.76. The van der Waals surface area contributed by atoms with Gasteiger partial charge in [0.1, 0.15) is 11.4 Å². The molecule has 5 rings (SSSR count). The average Bonchev–Trinajstić information content (AvgIpc) is 3.30. The quantitative estimate of drug-likeness (QED) is 0.338. The van der Waals surface area contributed by atoms with Crippen LogP contribution in [0.3, 0.4) is 0 Å². The van der Waals surface area contributed by atoms with Crippen LogP contribution in [0.5, 0.6) is 0 Å². The molecule has 0 amide bonds. The summed E-state index contributed by atoms with van der Waals surface area (Å²) in [4.78, 5) is 21.2. The predicted octanol–water partition coefficient (Wildman–Crippen LogP) is 3.36. The summed E-state index contributed by atoms with van der Waals surface area (Å²) in [6, 6.07) is 13.9. The molecule has 0 aliphatic heterocycles. The third-order valence-corrected chi connectivity index (χ3v) is 4.52. The third-order valence-electron chi connectivity index (χ3n) is 4.52. The highest BCUT2D eigenvalue weighted by atomic mass is 19.1. The summed E-state index contributed by atoms with van der Waals surface area (Å²) in [5.74, 6) is 6.43. The van der Waals surface area contributed by atoms with Crippen molar-refractivity contribution >= 4 is 16.9 Å². The van der Waals surface area contributed by atoms with Crippen LogP contribution in [0.2, 0.25) is 0 Å². The van der Waals surface area contributed by atoms with E-state index >= 15 is 0 Å². The average molecular weight is 422 g/mol. The minimum absolute atomic E-state index is 0.286. The second kappa shape index (κ2) is 8.57. The van der Waals surface area contributed by atoms with Crippen molar-refractivity contribution in [3.63, 3.8) is 0 Å². The van der Waals surface area contributed by atoms with Crippen LogP contribution in [0, 0.1) is 17.8 Å². The number of fused-ring (bicyclic) bond motifs is 1. The maximum Gasteiger partial charge on any atom is 0.223 e. The van der Waals surface area contributed by atoms with E-state index in [1.807, 2.05) is 18.2 Å². The van der Waals surface area contributed by atoms with Crippen molar-refractivity contribution in [2.24, 2.45) is 0 Å². The van der Waals surface area contributed by atoms with Crippen LogP contribution in [-0.4, -0.2) is 35.1 Å². The van der Waals surface area contributed by atoms with Crippen LogP contribution in [0.25, 0.3) is 22.4 Å². The molecule has 0 radical (unpaired) electrons. The Morgan fingerprint density at radius 2 is 1.88 bits per heavy atom. The van der Waals surface area contributed by atoms with Gasteiger partial charge in [-0.1, -0.05) is 12.0 Å². The molecule has 0 spiro atoms. The van der Waals surface area contributed by atoms with Gasteiger partial charge >= 0.3 is 0 Å². The lowest BCUT2D eigenvalue weighted by molar-refractivity contribution is 0.577. The molecule has 4 heterocycles. The van der Waals surface area contributed by atoms with Gasteiger partial charge in [-0.2, -0.15) is 9.49 Å². The molecule has 0 saturated carbocycles. The highest BCUT2D eigenvalue weighted by Crippen LogP contribution is 2.14. The van der Waals surface area contributed by atoms with Gasteiger partial charge < -0.3 is 5.32 Å². The molecular formula is C23H15FN8. The van der Waals surface area contributed by atoms with Gasteiger partial charge in [0, 0.05) is 23.3 Å². The normalized spacial score (nSPS) is 10.5. The van der Waals surface area contributed by atoms with Crippen LogP contribution in [0.4, 0.5) is 10.3 Å².